The molecule has 0 aliphatic carbocycles. The summed E-state index contributed by atoms with van der Waals surface area (Å²) >= 11 is 0. The van der Waals surface area contributed by atoms with Gasteiger partial charge in [0.1, 0.15) is 12.8 Å². The fourth-order valence-corrected chi connectivity index (χ4v) is 4.00. The molecule has 2 aromatic rings. The van der Waals surface area contributed by atoms with E-state index in [2.05, 4.69) is 0 Å². The standard InChI is InChI=1S/C23H30N2O7/c1-15(22(27)30-4)12-18-16(2)20(29-3)21(32-18)24-11-10-19(26)25(23(24)28)14-31-13-17-8-6-5-7-9-17/h5-11,15-16,18,20-21H,12-14H2,1-4H3/t15?,16-,18+,20?,21+/m0/s1. The van der Waals surface area contributed by atoms with Gasteiger partial charge in [0, 0.05) is 25.3 Å². The summed E-state index contributed by atoms with van der Waals surface area (Å²) in [5.41, 5.74) is -0.0755. The second kappa shape index (κ2) is 10.7. The Morgan fingerprint density at radius 1 is 1.16 bits per heavy atom. The van der Waals surface area contributed by atoms with Crippen LogP contribution in [0.25, 0.3) is 0 Å². The van der Waals surface area contributed by atoms with E-state index in [-0.39, 0.29) is 37.2 Å². The molecule has 1 aliphatic heterocycles. The minimum Gasteiger partial charge on any atom is -0.469 e. The highest BCUT2D eigenvalue weighted by atomic mass is 16.6. The molecule has 1 aromatic heterocycles. The number of carbonyl (C=O) groups excluding carboxylic acids is 1. The van der Waals surface area contributed by atoms with Crippen molar-refractivity contribution in [3.8, 4) is 0 Å². The number of ether oxygens (including phenoxy) is 4. The topological polar surface area (TPSA) is 98.0 Å². The van der Waals surface area contributed by atoms with Crippen molar-refractivity contribution in [1.82, 2.24) is 9.13 Å². The van der Waals surface area contributed by atoms with Gasteiger partial charge in [0.15, 0.2) is 6.23 Å². The molecule has 0 spiro atoms. The summed E-state index contributed by atoms with van der Waals surface area (Å²) in [4.78, 5) is 37.3. The lowest BCUT2D eigenvalue weighted by atomic mass is 9.93. The van der Waals surface area contributed by atoms with Crippen molar-refractivity contribution < 1.29 is 23.7 Å². The average molecular weight is 447 g/mol. The monoisotopic (exact) mass is 446 g/mol. The van der Waals surface area contributed by atoms with Crippen LogP contribution in [-0.2, 0) is 37.1 Å². The molecule has 32 heavy (non-hydrogen) atoms. The number of methoxy groups -OCH3 is 2. The van der Waals surface area contributed by atoms with E-state index < -0.39 is 23.6 Å². The molecule has 9 heteroatoms. The molecular weight excluding hydrogens is 416 g/mol. The second-order valence-electron chi connectivity index (χ2n) is 8.02. The van der Waals surface area contributed by atoms with Gasteiger partial charge in [0.25, 0.3) is 5.56 Å². The van der Waals surface area contributed by atoms with Crippen LogP contribution in [0.4, 0.5) is 0 Å². The number of rotatable bonds is 9. The van der Waals surface area contributed by atoms with E-state index in [1.807, 2.05) is 37.3 Å². The van der Waals surface area contributed by atoms with E-state index in [9.17, 15) is 14.4 Å². The van der Waals surface area contributed by atoms with E-state index in [1.165, 1.54) is 23.9 Å². The average Bonchev–Trinajstić information content (AvgIpc) is 3.10. The van der Waals surface area contributed by atoms with Gasteiger partial charge in [0.2, 0.25) is 0 Å². The Balaban J connectivity index is 1.78. The van der Waals surface area contributed by atoms with Gasteiger partial charge < -0.3 is 18.9 Å². The molecule has 0 N–H and O–H groups in total. The third-order valence-electron chi connectivity index (χ3n) is 5.86. The normalized spacial score (nSPS) is 23.8. The summed E-state index contributed by atoms with van der Waals surface area (Å²) in [6, 6.07) is 10.8. The molecular formula is C23H30N2O7. The van der Waals surface area contributed by atoms with Crippen LogP contribution in [0, 0.1) is 11.8 Å². The van der Waals surface area contributed by atoms with Crippen LogP contribution >= 0.6 is 0 Å². The summed E-state index contributed by atoms with van der Waals surface area (Å²) in [7, 11) is 2.90. The van der Waals surface area contributed by atoms with E-state index in [0.29, 0.717) is 6.42 Å². The lowest BCUT2D eigenvalue weighted by Crippen LogP contribution is -2.43. The van der Waals surface area contributed by atoms with Crippen molar-refractivity contribution in [2.45, 2.75) is 52.0 Å². The summed E-state index contributed by atoms with van der Waals surface area (Å²) in [6.45, 7) is 3.81. The Hall–Kier alpha value is -2.75. The van der Waals surface area contributed by atoms with Crippen LogP contribution in [0.1, 0.15) is 32.1 Å². The fourth-order valence-electron chi connectivity index (χ4n) is 4.00. The van der Waals surface area contributed by atoms with Crippen LogP contribution in [0.5, 0.6) is 0 Å². The molecule has 1 aliphatic rings. The van der Waals surface area contributed by atoms with Crippen molar-refractivity contribution in [3.05, 3.63) is 69.0 Å². The van der Waals surface area contributed by atoms with Gasteiger partial charge in [-0.15, -0.1) is 0 Å². The Morgan fingerprint density at radius 3 is 2.53 bits per heavy atom. The minimum atomic E-state index is -0.738. The van der Waals surface area contributed by atoms with E-state index in [1.54, 1.807) is 14.0 Å². The third kappa shape index (κ3) is 5.17. The lowest BCUT2D eigenvalue weighted by Gasteiger charge is -2.22. The van der Waals surface area contributed by atoms with Gasteiger partial charge in [0.05, 0.1) is 25.7 Å². The Labute approximate surface area is 186 Å². The van der Waals surface area contributed by atoms with Crippen molar-refractivity contribution in [3.63, 3.8) is 0 Å². The first-order valence-corrected chi connectivity index (χ1v) is 10.6. The molecule has 0 radical (unpaired) electrons. The highest BCUT2D eigenvalue weighted by Gasteiger charge is 2.44. The van der Waals surface area contributed by atoms with Gasteiger partial charge in [-0.25, -0.2) is 9.36 Å². The number of benzene rings is 1. The third-order valence-corrected chi connectivity index (χ3v) is 5.86. The van der Waals surface area contributed by atoms with Crippen LogP contribution in [0.2, 0.25) is 0 Å². The SMILES string of the molecule is COC(=O)C(C)C[C@H]1O[C@@H](n2ccc(=O)n(COCc3ccccc3)c2=O)C(OC)[C@H]1C. The summed E-state index contributed by atoms with van der Waals surface area (Å²) in [5, 5.41) is 0. The Kier molecular flexibility index (Phi) is 8.00. The van der Waals surface area contributed by atoms with Crippen molar-refractivity contribution in [1.29, 1.82) is 0 Å². The van der Waals surface area contributed by atoms with Crippen LogP contribution in [0.15, 0.2) is 52.2 Å². The molecule has 1 fully saturated rings. The quantitative estimate of drug-likeness (QED) is 0.543. The molecule has 2 unspecified atom stereocenters. The van der Waals surface area contributed by atoms with Gasteiger partial charge in [-0.2, -0.15) is 0 Å². The maximum Gasteiger partial charge on any atom is 0.335 e. The van der Waals surface area contributed by atoms with Crippen LogP contribution < -0.4 is 11.2 Å². The lowest BCUT2D eigenvalue weighted by molar-refractivity contribution is -0.146. The Bertz CT molecular complexity index is 1020. The minimum absolute atomic E-state index is 0.0845. The molecule has 2 heterocycles. The zero-order valence-corrected chi connectivity index (χ0v) is 18.8. The molecule has 0 saturated carbocycles. The zero-order chi connectivity index (χ0) is 23.3. The smallest absolute Gasteiger partial charge is 0.335 e. The van der Waals surface area contributed by atoms with Crippen molar-refractivity contribution >= 4 is 5.97 Å². The second-order valence-corrected chi connectivity index (χ2v) is 8.02. The molecule has 174 valence electrons. The van der Waals surface area contributed by atoms with Gasteiger partial charge in [-0.3, -0.25) is 14.2 Å². The number of hydrogen-bond acceptors (Lipinski definition) is 7. The maximum absolute atomic E-state index is 13.1. The molecule has 1 saturated heterocycles. The summed E-state index contributed by atoms with van der Waals surface area (Å²) in [5.74, 6) is -0.765. The predicted molar refractivity (Wildman–Crippen MR) is 116 cm³/mol. The molecule has 3 rings (SSSR count). The largest absolute Gasteiger partial charge is 0.469 e. The summed E-state index contributed by atoms with van der Waals surface area (Å²) < 4.78 is 24.6. The first-order valence-electron chi connectivity index (χ1n) is 10.6. The molecule has 1 aromatic carbocycles. The van der Waals surface area contributed by atoms with Gasteiger partial charge in [-0.1, -0.05) is 44.2 Å². The maximum atomic E-state index is 13.1. The molecule has 5 atom stereocenters. The number of carbonyl (C=O) groups is 1. The Morgan fingerprint density at radius 2 is 1.88 bits per heavy atom. The first-order chi connectivity index (χ1) is 15.4. The van der Waals surface area contributed by atoms with Gasteiger partial charge >= 0.3 is 11.7 Å². The molecule has 0 amide bonds. The molecule has 9 nitrogen and oxygen atoms in total. The van der Waals surface area contributed by atoms with E-state index in [0.717, 1.165) is 10.1 Å². The van der Waals surface area contributed by atoms with Crippen molar-refractivity contribution in [2.24, 2.45) is 11.8 Å². The number of esters is 1. The zero-order valence-electron chi connectivity index (χ0n) is 18.8. The molecule has 0 bridgehead atoms. The van der Waals surface area contributed by atoms with Gasteiger partial charge in [-0.05, 0) is 12.0 Å². The number of hydrogen-bond donors (Lipinski definition) is 0. The fraction of sp³-hybridized carbons (Fsp3) is 0.522. The first kappa shape index (κ1) is 23.9. The summed E-state index contributed by atoms with van der Waals surface area (Å²) in [6.07, 6.45) is 0.352. The highest BCUT2D eigenvalue weighted by Crippen LogP contribution is 2.37. The van der Waals surface area contributed by atoms with Crippen LogP contribution in [0.3, 0.4) is 0 Å². The predicted octanol–water partition coefficient (Wildman–Crippen LogP) is 1.93. The highest BCUT2D eigenvalue weighted by molar-refractivity contribution is 5.71. The van der Waals surface area contributed by atoms with Crippen molar-refractivity contribution in [2.75, 3.05) is 14.2 Å². The van der Waals surface area contributed by atoms with E-state index in [4.69, 9.17) is 18.9 Å². The number of nitrogens with zero attached hydrogens (tertiary/aromatic N) is 2. The van der Waals surface area contributed by atoms with E-state index >= 15 is 0 Å². The number of aromatic nitrogens is 2. The van der Waals surface area contributed by atoms with Crippen LogP contribution in [-0.4, -0.2) is 41.5 Å².